The monoisotopic (exact) mass is 280 g/mol. The van der Waals surface area contributed by atoms with E-state index in [0.717, 1.165) is 0 Å². The molecule has 0 spiro atoms. The minimum Gasteiger partial charge on any atom is -0.508 e. The van der Waals surface area contributed by atoms with Gasteiger partial charge in [-0.1, -0.05) is 11.8 Å². The average Bonchev–Trinajstić information content (AvgIpc) is 2.85. The Labute approximate surface area is 112 Å². The number of aromatic nitrogens is 4. The third-order valence-corrected chi connectivity index (χ3v) is 3.33. The summed E-state index contributed by atoms with van der Waals surface area (Å²) in [5.41, 5.74) is 11.3. The molecule has 19 heavy (non-hydrogen) atoms. The van der Waals surface area contributed by atoms with E-state index in [1.807, 2.05) is 0 Å². The van der Waals surface area contributed by atoms with Gasteiger partial charge in [0, 0.05) is 5.75 Å². The third kappa shape index (κ3) is 3.20. The van der Waals surface area contributed by atoms with Gasteiger partial charge in [-0.2, -0.15) is 4.68 Å². The summed E-state index contributed by atoms with van der Waals surface area (Å²) in [7, 11) is 0. The first kappa shape index (κ1) is 13.3. The molecule has 1 aromatic carbocycles. The number of carbonyl (C=O) groups is 1. The summed E-state index contributed by atoms with van der Waals surface area (Å²) in [4.78, 5) is 10.8. The Morgan fingerprint density at radius 3 is 2.74 bits per heavy atom. The molecule has 1 aromatic heterocycles. The summed E-state index contributed by atoms with van der Waals surface area (Å²) in [6.45, 7) is 0. The fourth-order valence-electron chi connectivity index (χ4n) is 1.27. The van der Waals surface area contributed by atoms with Crippen LogP contribution in [0.15, 0.2) is 29.4 Å². The number of carbonyl (C=O) groups excluding carboxylic acids is 1. The van der Waals surface area contributed by atoms with Gasteiger partial charge >= 0.3 is 0 Å². The fraction of sp³-hybridized carbons (Fsp3) is 0.200. The van der Waals surface area contributed by atoms with Gasteiger partial charge in [-0.25, -0.2) is 0 Å². The Hall–Kier alpha value is -2.13. The van der Waals surface area contributed by atoms with Crippen molar-refractivity contribution in [1.29, 1.82) is 0 Å². The lowest BCUT2D eigenvalue weighted by atomic mass is 10.3. The molecule has 2 aromatic rings. The molecular formula is C10H12N6O2S. The summed E-state index contributed by atoms with van der Waals surface area (Å²) in [6, 6.07) is 5.64. The fourth-order valence-corrected chi connectivity index (χ4v) is 2.12. The molecule has 1 heterocycles. The highest BCUT2D eigenvalue weighted by molar-refractivity contribution is 7.99. The van der Waals surface area contributed by atoms with Crippen molar-refractivity contribution in [3.05, 3.63) is 24.3 Å². The smallest absolute Gasteiger partial charge is 0.235 e. The Bertz CT molecular complexity index is 570. The first-order valence-corrected chi connectivity index (χ1v) is 6.32. The minimum atomic E-state index is -0.755. The van der Waals surface area contributed by atoms with Crippen molar-refractivity contribution in [3.63, 3.8) is 0 Å². The molecule has 5 N–H and O–H groups in total. The highest BCUT2D eigenvalue weighted by Crippen LogP contribution is 2.20. The molecule has 0 radical (unpaired) electrons. The second kappa shape index (κ2) is 5.67. The van der Waals surface area contributed by atoms with Gasteiger partial charge in [0.05, 0.1) is 11.7 Å². The topological polar surface area (TPSA) is 133 Å². The number of hydrogen-bond donors (Lipinski definition) is 3. The summed E-state index contributed by atoms with van der Waals surface area (Å²) in [6.07, 6.45) is 0. The van der Waals surface area contributed by atoms with Gasteiger partial charge < -0.3 is 16.6 Å². The highest BCUT2D eigenvalue weighted by atomic mass is 32.2. The number of hydrogen-bond acceptors (Lipinski definition) is 7. The van der Waals surface area contributed by atoms with E-state index >= 15 is 0 Å². The van der Waals surface area contributed by atoms with Gasteiger partial charge in [-0.3, -0.25) is 4.79 Å². The van der Waals surface area contributed by atoms with Crippen LogP contribution in [0, 0.1) is 0 Å². The van der Waals surface area contributed by atoms with E-state index in [1.54, 1.807) is 12.1 Å². The zero-order valence-corrected chi connectivity index (χ0v) is 10.6. The number of rotatable bonds is 5. The van der Waals surface area contributed by atoms with Crippen molar-refractivity contribution in [2.75, 3.05) is 5.75 Å². The predicted molar refractivity (Wildman–Crippen MR) is 68.7 cm³/mol. The van der Waals surface area contributed by atoms with E-state index in [4.69, 9.17) is 11.5 Å². The molecule has 0 bridgehead atoms. The van der Waals surface area contributed by atoms with Gasteiger partial charge in [-0.15, -0.1) is 5.10 Å². The molecule has 0 aliphatic rings. The maximum Gasteiger partial charge on any atom is 0.235 e. The molecule has 1 amide bonds. The van der Waals surface area contributed by atoms with Crippen molar-refractivity contribution >= 4 is 17.7 Å². The summed E-state index contributed by atoms with van der Waals surface area (Å²) in [5, 5.41) is 21.0. The van der Waals surface area contributed by atoms with E-state index in [1.165, 1.54) is 28.6 Å². The molecule has 1 unspecified atom stereocenters. The SMILES string of the molecule is NC(=O)C(N)CSc1nnnn1-c1ccc(O)cc1. The molecule has 8 nitrogen and oxygen atoms in total. The maximum absolute atomic E-state index is 10.8. The number of aromatic hydroxyl groups is 1. The van der Waals surface area contributed by atoms with Crippen molar-refractivity contribution < 1.29 is 9.90 Å². The standard InChI is InChI=1S/C10H12N6O2S/c11-8(9(12)18)5-19-10-13-14-15-16(10)6-1-3-7(17)4-2-6/h1-4,8,17H,5,11H2,(H2,12,18). The van der Waals surface area contributed by atoms with E-state index in [9.17, 15) is 9.90 Å². The van der Waals surface area contributed by atoms with Gasteiger partial charge in [0.2, 0.25) is 11.1 Å². The second-order valence-corrected chi connectivity index (χ2v) is 4.70. The number of primary amides is 1. The molecule has 0 saturated carbocycles. The molecule has 0 aliphatic heterocycles. The lowest BCUT2D eigenvalue weighted by molar-refractivity contribution is -0.118. The van der Waals surface area contributed by atoms with Crippen LogP contribution in [0.25, 0.3) is 5.69 Å². The van der Waals surface area contributed by atoms with Gasteiger partial charge in [0.1, 0.15) is 5.75 Å². The van der Waals surface area contributed by atoms with Crippen LogP contribution in [-0.4, -0.2) is 43.0 Å². The molecular weight excluding hydrogens is 268 g/mol. The summed E-state index contributed by atoms with van der Waals surface area (Å²) >= 11 is 1.23. The number of nitrogens with two attached hydrogens (primary N) is 2. The Morgan fingerprint density at radius 2 is 2.11 bits per heavy atom. The molecule has 0 aliphatic carbocycles. The average molecular weight is 280 g/mol. The van der Waals surface area contributed by atoms with Gasteiger partial charge in [0.25, 0.3) is 0 Å². The number of thioether (sulfide) groups is 1. The van der Waals surface area contributed by atoms with E-state index in [0.29, 0.717) is 10.8 Å². The van der Waals surface area contributed by atoms with E-state index in [-0.39, 0.29) is 11.5 Å². The largest absolute Gasteiger partial charge is 0.508 e. The normalized spacial score (nSPS) is 12.3. The second-order valence-electron chi connectivity index (χ2n) is 3.71. The van der Waals surface area contributed by atoms with Crippen LogP contribution in [-0.2, 0) is 4.79 Å². The van der Waals surface area contributed by atoms with Crippen molar-refractivity contribution in [3.8, 4) is 11.4 Å². The quantitative estimate of drug-likeness (QED) is 0.615. The maximum atomic E-state index is 10.8. The molecule has 1 atom stereocenters. The highest BCUT2D eigenvalue weighted by Gasteiger charge is 2.14. The van der Waals surface area contributed by atoms with Crippen LogP contribution in [0.4, 0.5) is 0 Å². The Morgan fingerprint density at radius 1 is 1.42 bits per heavy atom. The van der Waals surface area contributed by atoms with Gasteiger partial charge in [-0.05, 0) is 34.7 Å². The van der Waals surface area contributed by atoms with Crippen LogP contribution < -0.4 is 11.5 Å². The molecule has 100 valence electrons. The third-order valence-electron chi connectivity index (χ3n) is 2.29. The Balaban J connectivity index is 2.14. The first-order chi connectivity index (χ1) is 9.08. The van der Waals surface area contributed by atoms with Crippen molar-refractivity contribution in [1.82, 2.24) is 20.2 Å². The van der Waals surface area contributed by atoms with Crippen molar-refractivity contribution in [2.45, 2.75) is 11.2 Å². The molecule has 0 saturated heterocycles. The number of nitrogens with zero attached hydrogens (tertiary/aromatic N) is 4. The zero-order valence-electron chi connectivity index (χ0n) is 9.80. The van der Waals surface area contributed by atoms with Crippen molar-refractivity contribution in [2.24, 2.45) is 11.5 Å². The number of phenolic OH excluding ortho intramolecular Hbond substituents is 1. The number of tetrazole rings is 1. The zero-order chi connectivity index (χ0) is 13.8. The first-order valence-electron chi connectivity index (χ1n) is 5.33. The lowest BCUT2D eigenvalue weighted by Crippen LogP contribution is -2.38. The van der Waals surface area contributed by atoms with E-state index in [2.05, 4.69) is 15.5 Å². The number of amides is 1. The molecule has 2 rings (SSSR count). The molecule has 0 fully saturated rings. The van der Waals surface area contributed by atoms with Gasteiger partial charge in [0.15, 0.2) is 0 Å². The lowest BCUT2D eigenvalue weighted by Gasteiger charge is -2.07. The van der Waals surface area contributed by atoms with Crippen LogP contribution >= 0.6 is 11.8 Å². The van der Waals surface area contributed by atoms with Crippen LogP contribution in [0.5, 0.6) is 5.75 Å². The summed E-state index contributed by atoms with van der Waals surface area (Å²) < 4.78 is 1.48. The number of phenols is 1. The summed E-state index contributed by atoms with van der Waals surface area (Å²) in [5.74, 6) is -0.133. The van der Waals surface area contributed by atoms with Crippen LogP contribution in [0.2, 0.25) is 0 Å². The Kier molecular flexibility index (Phi) is 3.97. The number of benzene rings is 1. The van der Waals surface area contributed by atoms with Crippen LogP contribution in [0.1, 0.15) is 0 Å². The molecule has 9 heteroatoms. The minimum absolute atomic E-state index is 0.154. The van der Waals surface area contributed by atoms with E-state index < -0.39 is 11.9 Å². The van der Waals surface area contributed by atoms with Crippen LogP contribution in [0.3, 0.4) is 0 Å². The predicted octanol–water partition coefficient (Wildman–Crippen LogP) is -0.727.